The molecule has 0 fully saturated rings. The molecule has 178 valence electrons. The van der Waals surface area contributed by atoms with Crippen LogP contribution < -0.4 is 0 Å². The molecule has 0 spiro atoms. The molecular formula is C35H23N3. The predicted octanol–water partition coefficient (Wildman–Crippen LogP) is 8.94. The smallest absolute Gasteiger partial charge is 0.0639 e. The van der Waals surface area contributed by atoms with Crippen LogP contribution in [0.15, 0.2) is 140 Å². The summed E-state index contributed by atoms with van der Waals surface area (Å²) in [5.41, 5.74) is 8.29. The van der Waals surface area contributed by atoms with Gasteiger partial charge in [-0.25, -0.2) is 0 Å². The molecule has 0 bridgehead atoms. The maximum atomic E-state index is 4.29. The van der Waals surface area contributed by atoms with Gasteiger partial charge in [-0.2, -0.15) is 0 Å². The van der Waals surface area contributed by atoms with E-state index in [9.17, 15) is 0 Å². The third kappa shape index (κ3) is 3.12. The maximum absolute atomic E-state index is 4.29. The lowest BCUT2D eigenvalue weighted by Crippen LogP contribution is -1.93. The van der Waals surface area contributed by atoms with Gasteiger partial charge in [-0.3, -0.25) is 4.98 Å². The molecule has 0 saturated heterocycles. The fraction of sp³-hybridized carbons (Fsp3) is 0. The SMILES string of the molecule is c1ccc(-n2c3ccc(-c4ccc5c(ccn5-c5cccnc5)c4)cc3c3c4ccccc4ccc32)cc1. The van der Waals surface area contributed by atoms with Gasteiger partial charge in [0, 0.05) is 34.2 Å². The first-order chi connectivity index (χ1) is 18.8. The van der Waals surface area contributed by atoms with E-state index in [1.165, 1.54) is 60.3 Å². The second kappa shape index (κ2) is 8.19. The van der Waals surface area contributed by atoms with E-state index >= 15 is 0 Å². The van der Waals surface area contributed by atoms with E-state index in [2.05, 4.69) is 136 Å². The summed E-state index contributed by atoms with van der Waals surface area (Å²) >= 11 is 0. The largest absolute Gasteiger partial charge is 0.315 e. The Balaban J connectivity index is 1.37. The van der Waals surface area contributed by atoms with Crippen LogP contribution in [0.5, 0.6) is 0 Å². The van der Waals surface area contributed by atoms with Gasteiger partial charge in [0.25, 0.3) is 0 Å². The number of rotatable bonds is 3. The lowest BCUT2D eigenvalue weighted by molar-refractivity contribution is 1.10. The van der Waals surface area contributed by atoms with Crippen LogP contribution in [-0.2, 0) is 0 Å². The summed E-state index contributed by atoms with van der Waals surface area (Å²) in [5.74, 6) is 0. The standard InChI is InChI=1S/C35H23N3/c1-2-8-28(9-3-1)38-33-16-14-26(22-31(33)35-30-11-5-4-7-24(30)12-17-34(35)38)25-13-15-32-27(21-25)18-20-37(32)29-10-6-19-36-23-29/h1-23H. The lowest BCUT2D eigenvalue weighted by atomic mass is 9.99. The summed E-state index contributed by atoms with van der Waals surface area (Å²) < 4.78 is 4.58. The monoisotopic (exact) mass is 485 g/mol. The van der Waals surface area contributed by atoms with Gasteiger partial charge in [0.05, 0.1) is 28.4 Å². The molecule has 0 aliphatic carbocycles. The van der Waals surface area contributed by atoms with E-state index in [0.717, 1.165) is 5.69 Å². The molecule has 3 aromatic heterocycles. The molecule has 38 heavy (non-hydrogen) atoms. The third-order valence-corrected chi connectivity index (χ3v) is 7.62. The number of para-hydroxylation sites is 1. The highest BCUT2D eigenvalue weighted by Gasteiger charge is 2.16. The summed E-state index contributed by atoms with van der Waals surface area (Å²) in [6.07, 6.45) is 5.82. The van der Waals surface area contributed by atoms with Crippen LogP contribution in [0.3, 0.4) is 0 Å². The van der Waals surface area contributed by atoms with Crippen LogP contribution >= 0.6 is 0 Å². The first-order valence-corrected chi connectivity index (χ1v) is 12.9. The Morgan fingerprint density at radius 2 is 1.26 bits per heavy atom. The zero-order valence-electron chi connectivity index (χ0n) is 20.6. The number of hydrogen-bond acceptors (Lipinski definition) is 1. The molecule has 8 aromatic rings. The second-order valence-corrected chi connectivity index (χ2v) is 9.75. The molecule has 0 saturated carbocycles. The summed E-state index contributed by atoms with van der Waals surface area (Å²) in [5, 5.41) is 6.32. The van der Waals surface area contributed by atoms with E-state index in [1.807, 2.05) is 12.3 Å². The van der Waals surface area contributed by atoms with Crippen LogP contribution in [0.2, 0.25) is 0 Å². The Labute approximate surface area is 219 Å². The van der Waals surface area contributed by atoms with Crippen LogP contribution in [-0.4, -0.2) is 14.1 Å². The fourth-order valence-corrected chi connectivity index (χ4v) is 5.87. The molecule has 3 nitrogen and oxygen atoms in total. The Morgan fingerprint density at radius 3 is 2.13 bits per heavy atom. The average Bonchev–Trinajstić information content (AvgIpc) is 3.56. The second-order valence-electron chi connectivity index (χ2n) is 9.75. The Bertz CT molecular complexity index is 2120. The highest BCUT2D eigenvalue weighted by atomic mass is 15.0. The number of aromatic nitrogens is 3. The van der Waals surface area contributed by atoms with Crippen molar-refractivity contribution in [3.05, 3.63) is 140 Å². The van der Waals surface area contributed by atoms with Gasteiger partial charge in [0.15, 0.2) is 0 Å². The van der Waals surface area contributed by atoms with E-state index in [1.54, 1.807) is 6.20 Å². The number of fused-ring (bicyclic) bond motifs is 6. The molecule has 0 aliphatic rings. The molecule has 0 amide bonds. The predicted molar refractivity (Wildman–Crippen MR) is 158 cm³/mol. The molecule has 0 unspecified atom stereocenters. The van der Waals surface area contributed by atoms with E-state index in [0.29, 0.717) is 0 Å². The van der Waals surface area contributed by atoms with Crippen molar-refractivity contribution in [2.75, 3.05) is 0 Å². The Morgan fingerprint density at radius 1 is 0.500 bits per heavy atom. The van der Waals surface area contributed by atoms with Crippen LogP contribution in [0.25, 0.3) is 66.0 Å². The molecule has 0 radical (unpaired) electrons. The van der Waals surface area contributed by atoms with Gasteiger partial charge in [0.1, 0.15) is 0 Å². The van der Waals surface area contributed by atoms with E-state index in [4.69, 9.17) is 0 Å². The van der Waals surface area contributed by atoms with Crippen LogP contribution in [0.1, 0.15) is 0 Å². The minimum atomic E-state index is 1.07. The Hall–Kier alpha value is -5.15. The van der Waals surface area contributed by atoms with Gasteiger partial charge in [-0.05, 0) is 82.6 Å². The summed E-state index contributed by atoms with van der Waals surface area (Å²) in [7, 11) is 0. The van der Waals surface area contributed by atoms with Crippen LogP contribution in [0.4, 0.5) is 0 Å². The maximum Gasteiger partial charge on any atom is 0.0639 e. The van der Waals surface area contributed by atoms with Gasteiger partial charge in [0.2, 0.25) is 0 Å². The number of pyridine rings is 1. The van der Waals surface area contributed by atoms with Crippen molar-refractivity contribution >= 4 is 43.5 Å². The van der Waals surface area contributed by atoms with Gasteiger partial charge >= 0.3 is 0 Å². The molecular weight excluding hydrogens is 462 g/mol. The minimum Gasteiger partial charge on any atom is -0.315 e. The lowest BCUT2D eigenvalue weighted by Gasteiger charge is -2.09. The zero-order chi connectivity index (χ0) is 25.1. The first kappa shape index (κ1) is 21.0. The van der Waals surface area contributed by atoms with Gasteiger partial charge in [-0.15, -0.1) is 0 Å². The molecule has 0 aliphatic heterocycles. The molecule has 0 atom stereocenters. The normalized spacial score (nSPS) is 11.7. The van der Waals surface area contributed by atoms with Crippen molar-refractivity contribution < 1.29 is 0 Å². The number of hydrogen-bond donors (Lipinski definition) is 0. The third-order valence-electron chi connectivity index (χ3n) is 7.62. The van der Waals surface area contributed by atoms with Crippen molar-refractivity contribution in [2.24, 2.45) is 0 Å². The first-order valence-electron chi connectivity index (χ1n) is 12.9. The van der Waals surface area contributed by atoms with Crippen LogP contribution in [0, 0.1) is 0 Å². The summed E-state index contributed by atoms with van der Waals surface area (Å²) in [6, 6.07) is 43.7. The average molecular weight is 486 g/mol. The van der Waals surface area contributed by atoms with Gasteiger partial charge < -0.3 is 9.13 Å². The van der Waals surface area contributed by atoms with Gasteiger partial charge in [-0.1, -0.05) is 60.7 Å². The summed E-state index contributed by atoms with van der Waals surface area (Å²) in [4.78, 5) is 4.29. The minimum absolute atomic E-state index is 1.07. The quantitative estimate of drug-likeness (QED) is 0.245. The zero-order valence-corrected chi connectivity index (χ0v) is 20.6. The fourth-order valence-electron chi connectivity index (χ4n) is 5.87. The highest BCUT2D eigenvalue weighted by molar-refractivity contribution is 6.21. The van der Waals surface area contributed by atoms with E-state index in [-0.39, 0.29) is 0 Å². The Kier molecular flexibility index (Phi) is 4.52. The molecule has 5 aromatic carbocycles. The topological polar surface area (TPSA) is 22.8 Å². The van der Waals surface area contributed by atoms with Crippen molar-refractivity contribution in [2.45, 2.75) is 0 Å². The van der Waals surface area contributed by atoms with Crippen molar-refractivity contribution in [1.82, 2.24) is 14.1 Å². The molecule has 3 heterocycles. The summed E-state index contributed by atoms with van der Waals surface area (Å²) in [6.45, 7) is 0. The molecule has 0 N–H and O–H groups in total. The van der Waals surface area contributed by atoms with Crippen molar-refractivity contribution in [1.29, 1.82) is 0 Å². The van der Waals surface area contributed by atoms with Crippen molar-refractivity contribution in [3.8, 4) is 22.5 Å². The molecule has 8 rings (SSSR count). The van der Waals surface area contributed by atoms with E-state index < -0.39 is 0 Å². The number of nitrogens with zero attached hydrogens (tertiary/aromatic N) is 3. The number of benzene rings is 5. The highest BCUT2D eigenvalue weighted by Crippen LogP contribution is 2.39. The molecule has 3 heteroatoms. The van der Waals surface area contributed by atoms with Crippen molar-refractivity contribution in [3.63, 3.8) is 0 Å².